The van der Waals surface area contributed by atoms with Gasteiger partial charge in [-0.05, 0) is 18.6 Å². The van der Waals surface area contributed by atoms with E-state index < -0.39 is 0 Å². The number of halogens is 1. The zero-order valence-corrected chi connectivity index (χ0v) is 7.92. The third-order valence-electron chi connectivity index (χ3n) is 1.62. The molecule has 0 amide bonds. The van der Waals surface area contributed by atoms with Crippen molar-refractivity contribution in [1.82, 2.24) is 4.98 Å². The molecule has 1 aromatic heterocycles. The summed E-state index contributed by atoms with van der Waals surface area (Å²) in [5.74, 6) is 0.0732. The molecular weight excluding hydrogens is 186 g/mol. The van der Waals surface area contributed by atoms with Crippen LogP contribution in [0, 0.1) is 0 Å². The molecule has 1 heterocycles. The molecular formula is C10H10ClNO. The topological polar surface area (TPSA) is 30.0 Å². The molecule has 1 rings (SSSR count). The standard InChI is InChI=1S/C10H10ClNO/c1-2-3-4-9(13)8-5-6-10(11)12-7-8/h2,5-7H,1,3-4H2. The second-order valence-corrected chi connectivity index (χ2v) is 3.01. The molecule has 0 aliphatic heterocycles. The van der Waals surface area contributed by atoms with E-state index in [9.17, 15) is 4.79 Å². The van der Waals surface area contributed by atoms with Crippen molar-refractivity contribution in [3.05, 3.63) is 41.7 Å². The van der Waals surface area contributed by atoms with Crippen LogP contribution in [0.15, 0.2) is 31.0 Å². The van der Waals surface area contributed by atoms with E-state index in [0.717, 1.165) is 0 Å². The highest BCUT2D eigenvalue weighted by molar-refractivity contribution is 6.29. The first kappa shape index (κ1) is 9.93. The fourth-order valence-corrected chi connectivity index (χ4v) is 1.03. The zero-order valence-electron chi connectivity index (χ0n) is 7.16. The maximum absolute atomic E-state index is 11.4. The van der Waals surface area contributed by atoms with Gasteiger partial charge in [-0.2, -0.15) is 0 Å². The molecule has 0 fully saturated rings. The number of Topliss-reactive ketones (excluding diaryl/α,β-unsaturated/α-hetero) is 1. The molecule has 3 heteroatoms. The number of carbonyl (C=O) groups is 1. The summed E-state index contributed by atoms with van der Waals surface area (Å²) in [7, 11) is 0. The Bertz CT molecular complexity index is 305. The number of rotatable bonds is 4. The smallest absolute Gasteiger partial charge is 0.164 e. The second-order valence-electron chi connectivity index (χ2n) is 2.62. The first-order chi connectivity index (χ1) is 6.24. The van der Waals surface area contributed by atoms with Gasteiger partial charge in [0.1, 0.15) is 5.15 Å². The molecule has 1 aromatic rings. The number of ketones is 1. The van der Waals surface area contributed by atoms with Gasteiger partial charge in [0.2, 0.25) is 0 Å². The maximum Gasteiger partial charge on any atom is 0.164 e. The number of nitrogens with zero attached hydrogens (tertiary/aromatic N) is 1. The maximum atomic E-state index is 11.4. The Hall–Kier alpha value is -1.15. The minimum atomic E-state index is 0.0732. The van der Waals surface area contributed by atoms with Gasteiger partial charge < -0.3 is 0 Å². The molecule has 0 aliphatic rings. The van der Waals surface area contributed by atoms with Crippen molar-refractivity contribution in [1.29, 1.82) is 0 Å². The van der Waals surface area contributed by atoms with E-state index in [1.807, 2.05) is 0 Å². The lowest BCUT2D eigenvalue weighted by atomic mass is 10.1. The molecule has 0 saturated carbocycles. The fourth-order valence-electron chi connectivity index (χ4n) is 0.918. The van der Waals surface area contributed by atoms with Crippen LogP contribution in [-0.4, -0.2) is 10.8 Å². The summed E-state index contributed by atoms with van der Waals surface area (Å²) in [6.07, 6.45) is 4.39. The zero-order chi connectivity index (χ0) is 9.68. The summed E-state index contributed by atoms with van der Waals surface area (Å²) in [6.45, 7) is 3.55. The van der Waals surface area contributed by atoms with Crippen LogP contribution in [0.1, 0.15) is 23.2 Å². The summed E-state index contributed by atoms with van der Waals surface area (Å²) in [5, 5.41) is 0.403. The van der Waals surface area contributed by atoms with Gasteiger partial charge in [0.25, 0.3) is 0 Å². The Morgan fingerprint density at radius 1 is 1.62 bits per heavy atom. The summed E-state index contributed by atoms with van der Waals surface area (Å²) in [5.41, 5.74) is 0.603. The lowest BCUT2D eigenvalue weighted by molar-refractivity contribution is 0.0983. The van der Waals surface area contributed by atoms with Crippen LogP contribution in [0.3, 0.4) is 0 Å². The van der Waals surface area contributed by atoms with Gasteiger partial charge in [0.15, 0.2) is 5.78 Å². The summed E-state index contributed by atoms with van der Waals surface area (Å²) < 4.78 is 0. The average molecular weight is 196 g/mol. The van der Waals surface area contributed by atoms with Gasteiger partial charge in [0, 0.05) is 18.2 Å². The molecule has 0 unspecified atom stereocenters. The monoisotopic (exact) mass is 195 g/mol. The average Bonchev–Trinajstić information content (AvgIpc) is 2.15. The Morgan fingerprint density at radius 3 is 2.92 bits per heavy atom. The van der Waals surface area contributed by atoms with Gasteiger partial charge >= 0.3 is 0 Å². The fraction of sp³-hybridized carbons (Fsp3) is 0.200. The van der Waals surface area contributed by atoms with E-state index >= 15 is 0 Å². The van der Waals surface area contributed by atoms with Crippen LogP contribution in [0.25, 0.3) is 0 Å². The normalized spacial score (nSPS) is 9.62. The Balaban J connectivity index is 2.66. The summed E-state index contributed by atoms with van der Waals surface area (Å²) >= 11 is 5.58. The number of hydrogen-bond donors (Lipinski definition) is 0. The van der Waals surface area contributed by atoms with Crippen molar-refractivity contribution in [3.63, 3.8) is 0 Å². The van der Waals surface area contributed by atoms with Crippen LogP contribution in [0.2, 0.25) is 5.15 Å². The van der Waals surface area contributed by atoms with Crippen LogP contribution in [0.4, 0.5) is 0 Å². The molecule has 0 radical (unpaired) electrons. The SMILES string of the molecule is C=CCCC(=O)c1ccc(Cl)nc1. The lowest BCUT2D eigenvalue weighted by Crippen LogP contribution is -1.98. The number of allylic oxidation sites excluding steroid dienone is 1. The highest BCUT2D eigenvalue weighted by Gasteiger charge is 2.04. The van der Waals surface area contributed by atoms with Crippen molar-refractivity contribution in [2.24, 2.45) is 0 Å². The van der Waals surface area contributed by atoms with Crippen LogP contribution in [-0.2, 0) is 0 Å². The molecule has 0 saturated heterocycles. The minimum absolute atomic E-state index is 0.0732. The molecule has 13 heavy (non-hydrogen) atoms. The van der Waals surface area contributed by atoms with Crippen molar-refractivity contribution < 1.29 is 4.79 Å². The van der Waals surface area contributed by atoms with Gasteiger partial charge in [-0.15, -0.1) is 6.58 Å². The number of aromatic nitrogens is 1. The molecule has 68 valence electrons. The molecule has 0 aliphatic carbocycles. The number of pyridine rings is 1. The predicted octanol–water partition coefficient (Wildman–Crippen LogP) is 2.88. The first-order valence-corrected chi connectivity index (χ1v) is 4.37. The number of carbonyl (C=O) groups excluding carboxylic acids is 1. The molecule has 0 atom stereocenters. The van der Waals surface area contributed by atoms with Crippen molar-refractivity contribution in [3.8, 4) is 0 Å². The highest BCUT2D eigenvalue weighted by atomic mass is 35.5. The lowest BCUT2D eigenvalue weighted by Gasteiger charge is -1.97. The second kappa shape index (κ2) is 4.77. The predicted molar refractivity (Wildman–Crippen MR) is 53.0 cm³/mol. The first-order valence-electron chi connectivity index (χ1n) is 3.99. The largest absolute Gasteiger partial charge is 0.294 e. The Labute approximate surface area is 82.3 Å². The number of hydrogen-bond acceptors (Lipinski definition) is 2. The van der Waals surface area contributed by atoms with Crippen molar-refractivity contribution >= 4 is 17.4 Å². The molecule has 0 bridgehead atoms. The van der Waals surface area contributed by atoms with E-state index in [-0.39, 0.29) is 5.78 Å². The van der Waals surface area contributed by atoms with E-state index in [1.165, 1.54) is 6.20 Å². The van der Waals surface area contributed by atoms with Gasteiger partial charge in [-0.25, -0.2) is 4.98 Å². The van der Waals surface area contributed by atoms with Crippen molar-refractivity contribution in [2.75, 3.05) is 0 Å². The molecule has 0 aromatic carbocycles. The van der Waals surface area contributed by atoms with E-state index in [4.69, 9.17) is 11.6 Å². The van der Waals surface area contributed by atoms with Crippen LogP contribution in [0.5, 0.6) is 0 Å². The summed E-state index contributed by atoms with van der Waals surface area (Å²) in [6, 6.07) is 3.30. The minimum Gasteiger partial charge on any atom is -0.294 e. The Kier molecular flexibility index (Phi) is 3.65. The molecule has 0 spiro atoms. The molecule has 2 nitrogen and oxygen atoms in total. The van der Waals surface area contributed by atoms with Crippen molar-refractivity contribution in [2.45, 2.75) is 12.8 Å². The van der Waals surface area contributed by atoms with E-state index in [1.54, 1.807) is 18.2 Å². The van der Waals surface area contributed by atoms with E-state index in [0.29, 0.717) is 23.6 Å². The third-order valence-corrected chi connectivity index (χ3v) is 1.85. The Morgan fingerprint density at radius 2 is 2.38 bits per heavy atom. The van der Waals surface area contributed by atoms with Gasteiger partial charge in [0.05, 0.1) is 0 Å². The van der Waals surface area contributed by atoms with Crippen LogP contribution < -0.4 is 0 Å². The highest BCUT2D eigenvalue weighted by Crippen LogP contribution is 2.08. The van der Waals surface area contributed by atoms with Gasteiger partial charge in [-0.3, -0.25) is 4.79 Å². The van der Waals surface area contributed by atoms with E-state index in [2.05, 4.69) is 11.6 Å². The van der Waals surface area contributed by atoms with Gasteiger partial charge in [-0.1, -0.05) is 17.7 Å². The third kappa shape index (κ3) is 2.99. The quantitative estimate of drug-likeness (QED) is 0.420. The van der Waals surface area contributed by atoms with Crippen LogP contribution >= 0.6 is 11.6 Å². The molecule has 0 N–H and O–H groups in total. The summed E-state index contributed by atoms with van der Waals surface area (Å²) in [4.78, 5) is 15.2.